The van der Waals surface area contributed by atoms with E-state index in [4.69, 9.17) is 39.0 Å². The molecule has 76 heavy (non-hydrogen) atoms. The van der Waals surface area contributed by atoms with Gasteiger partial charge in [-0.2, -0.15) is 0 Å². The van der Waals surface area contributed by atoms with Crippen molar-refractivity contribution in [3.05, 3.63) is 168 Å². The molecule has 6 heterocycles. The van der Waals surface area contributed by atoms with Gasteiger partial charge >= 0.3 is 5.97 Å². The van der Waals surface area contributed by atoms with Crippen molar-refractivity contribution in [2.75, 3.05) is 65.0 Å². The largest absolute Gasteiger partial charge is 0.478 e. The van der Waals surface area contributed by atoms with Gasteiger partial charge in [0.25, 0.3) is 0 Å². The van der Waals surface area contributed by atoms with E-state index in [2.05, 4.69) is 69.0 Å². The Bertz CT molecular complexity index is 3630. The van der Waals surface area contributed by atoms with Crippen LogP contribution in [0.25, 0.3) is 66.1 Å². The Morgan fingerprint density at radius 3 is 1.59 bits per heavy atom. The lowest BCUT2D eigenvalue weighted by atomic mass is 10.1. The summed E-state index contributed by atoms with van der Waals surface area (Å²) < 4.78 is 0. The number of likely N-dealkylation sites (N-methyl/N-ethyl adjacent to an activating group) is 2. The first kappa shape index (κ1) is 55.7. The highest BCUT2D eigenvalue weighted by molar-refractivity contribution is 6.33. The molecule has 0 saturated heterocycles. The van der Waals surface area contributed by atoms with E-state index in [-0.39, 0.29) is 18.3 Å². The van der Waals surface area contributed by atoms with Crippen LogP contribution in [0.5, 0.6) is 0 Å². The SMILES string of the molecule is CN(C)C/C=C/C(=O)NCCc1cc2ccc(Nc3ncc(Cl)c(-c4c[nH]c5ccccc45)n3)cc2[nH]1.CN(C)C/C=C/C(=O)O.Cl.NCCc1cc2ccc(Nc3ncc(Cl)c(-c4c[nH]c5ccccc45)n3)cc2[nH]1. The number of benzene rings is 4. The van der Waals surface area contributed by atoms with Crippen molar-refractivity contribution in [3.63, 3.8) is 0 Å². The molecule has 0 spiro atoms. The fourth-order valence-electron chi connectivity index (χ4n) is 8.09. The van der Waals surface area contributed by atoms with Gasteiger partial charge in [0.1, 0.15) is 0 Å². The minimum Gasteiger partial charge on any atom is -0.478 e. The number of carboxylic acids is 1. The van der Waals surface area contributed by atoms with Gasteiger partial charge in [-0.1, -0.05) is 83.9 Å². The molecule has 10 rings (SSSR count). The van der Waals surface area contributed by atoms with Crippen LogP contribution in [-0.4, -0.2) is 121 Å². The lowest BCUT2D eigenvalue weighted by Crippen LogP contribution is -2.24. The van der Waals surface area contributed by atoms with Crippen LogP contribution in [0.3, 0.4) is 0 Å². The molecule has 392 valence electrons. The van der Waals surface area contributed by atoms with Crippen LogP contribution in [0.4, 0.5) is 23.3 Å². The maximum absolute atomic E-state index is 11.9. The molecule has 4 aromatic carbocycles. The summed E-state index contributed by atoms with van der Waals surface area (Å²) in [7, 11) is 7.69. The average molecular weight is 1080 g/mol. The molecule has 10 aromatic rings. The lowest BCUT2D eigenvalue weighted by molar-refractivity contribution is -0.131. The molecule has 0 aliphatic carbocycles. The number of carbonyl (C=O) groups excluding carboxylic acids is 1. The number of para-hydroxylation sites is 2. The normalized spacial score (nSPS) is 11.3. The highest BCUT2D eigenvalue weighted by Crippen LogP contribution is 2.35. The number of anilines is 4. The molecule has 0 atom stereocenters. The molecular weight excluding hydrogens is 1020 g/mol. The number of aliphatic carboxylic acids is 1. The average Bonchev–Trinajstić information content (AvgIpc) is 4.21. The Labute approximate surface area is 455 Å². The monoisotopic (exact) mass is 1080 g/mol. The smallest absolute Gasteiger partial charge is 0.328 e. The Morgan fingerprint density at radius 2 is 1.12 bits per heavy atom. The summed E-state index contributed by atoms with van der Waals surface area (Å²) in [6.45, 7) is 2.58. The molecule has 0 saturated carbocycles. The number of nitrogens with two attached hydrogens (primary N) is 1. The summed E-state index contributed by atoms with van der Waals surface area (Å²) in [5.74, 6) is -0.0279. The Morgan fingerprint density at radius 1 is 0.645 bits per heavy atom. The van der Waals surface area contributed by atoms with Gasteiger partial charge in [-0.15, -0.1) is 12.4 Å². The summed E-state index contributed by atoms with van der Waals surface area (Å²) in [5, 5.41) is 23.0. The second-order valence-electron chi connectivity index (χ2n) is 18.0. The van der Waals surface area contributed by atoms with Crippen molar-refractivity contribution in [2.24, 2.45) is 5.73 Å². The molecule has 0 unspecified atom stereocenters. The summed E-state index contributed by atoms with van der Waals surface area (Å²) in [5.41, 5.74) is 16.9. The molecule has 0 aliphatic heterocycles. The van der Waals surface area contributed by atoms with Crippen LogP contribution < -0.4 is 21.7 Å². The Balaban J connectivity index is 0.000000192. The van der Waals surface area contributed by atoms with Gasteiger partial charge in [-0.3, -0.25) is 4.79 Å². The maximum Gasteiger partial charge on any atom is 0.328 e. The quantitative estimate of drug-likeness (QED) is 0.0387. The van der Waals surface area contributed by atoms with Crippen LogP contribution in [-0.2, 0) is 22.4 Å². The zero-order valence-electron chi connectivity index (χ0n) is 42.3. The number of rotatable bonds is 17. The highest BCUT2D eigenvalue weighted by atomic mass is 35.5. The van der Waals surface area contributed by atoms with E-state index >= 15 is 0 Å². The second kappa shape index (κ2) is 26.5. The first-order valence-corrected chi connectivity index (χ1v) is 24.8. The number of aromatic amines is 4. The van der Waals surface area contributed by atoms with E-state index in [0.717, 1.165) is 96.5 Å². The molecule has 6 aromatic heterocycles. The molecule has 10 N–H and O–H groups in total. The zero-order chi connectivity index (χ0) is 52.8. The third-order valence-electron chi connectivity index (χ3n) is 11.6. The van der Waals surface area contributed by atoms with Crippen molar-refractivity contribution >= 4 is 114 Å². The number of halogens is 3. The topological polar surface area (TPSA) is 238 Å². The minimum absolute atomic E-state index is 0. The van der Waals surface area contributed by atoms with E-state index in [1.54, 1.807) is 24.5 Å². The number of fused-ring (bicyclic) bond motifs is 4. The predicted octanol–water partition coefficient (Wildman–Crippen LogP) is 10.9. The number of carbonyl (C=O) groups is 2. The standard InChI is InChI=1S/C28H28ClN7O.C22H19ClN6.C6H11NO2.ClH/c1-36(2)13-5-8-26(37)30-12-11-20-14-18-9-10-19(15-25(18)33-20)34-28-32-17-23(29)27(35-28)22-16-31-24-7-4-3-6-21(22)24;23-18-12-26-22(29-21(18)17-11-25-19-4-2-1-3-16(17)19)28-14-6-5-13-9-15(7-8-24)27-20(13)10-14;1-7(2)5-3-4-6(8)9;/h3-10,14-17,31,33H,11-13H2,1-2H3,(H,30,37)(H,32,34,35);1-6,9-12,25,27H,7-8,24H2,(H,26,28,29);3-4H,5H2,1-2H3,(H,8,9);1H/b8-5+;;4-3+;. The summed E-state index contributed by atoms with van der Waals surface area (Å²) in [6.07, 6.45) is 14.8. The number of hydrogen-bond acceptors (Lipinski definition) is 11. The van der Waals surface area contributed by atoms with Gasteiger partial charge in [0.05, 0.1) is 33.8 Å². The second-order valence-corrected chi connectivity index (χ2v) is 18.8. The number of H-pyrrole nitrogens is 4. The van der Waals surface area contributed by atoms with Gasteiger partial charge in [-0.05, 0) is 100 Å². The molecule has 0 bridgehead atoms. The van der Waals surface area contributed by atoms with E-state index in [1.165, 1.54) is 0 Å². The minimum atomic E-state index is -0.892. The first-order valence-electron chi connectivity index (χ1n) is 24.1. The van der Waals surface area contributed by atoms with Gasteiger partial charge in [-0.25, -0.2) is 24.7 Å². The third kappa shape index (κ3) is 14.8. The number of carboxylic acid groups (broad SMARTS) is 1. The van der Waals surface area contributed by atoms with Gasteiger partial charge in [0, 0.05) is 117 Å². The zero-order valence-corrected chi connectivity index (χ0v) is 44.6. The predicted molar refractivity (Wildman–Crippen MR) is 312 cm³/mol. The fraction of sp³-hybridized carbons (Fsp3) is 0.179. The van der Waals surface area contributed by atoms with E-state index in [1.807, 2.05) is 135 Å². The van der Waals surface area contributed by atoms with Crippen molar-refractivity contribution < 1.29 is 14.7 Å². The molecule has 20 heteroatoms. The van der Waals surface area contributed by atoms with Crippen LogP contribution in [0, 0.1) is 0 Å². The van der Waals surface area contributed by atoms with Crippen LogP contribution in [0.1, 0.15) is 11.4 Å². The molecule has 0 radical (unpaired) electrons. The number of nitrogens with one attached hydrogen (secondary N) is 7. The number of nitrogens with zero attached hydrogens (tertiary/aromatic N) is 6. The van der Waals surface area contributed by atoms with Gasteiger partial charge in [0.15, 0.2) is 0 Å². The maximum atomic E-state index is 11.9. The van der Waals surface area contributed by atoms with E-state index in [9.17, 15) is 9.59 Å². The van der Waals surface area contributed by atoms with Crippen LogP contribution in [0.15, 0.2) is 146 Å². The number of amides is 1. The summed E-state index contributed by atoms with van der Waals surface area (Å²) >= 11 is 12.9. The Kier molecular flexibility index (Phi) is 19.4. The number of hydrogen-bond donors (Lipinski definition) is 9. The van der Waals surface area contributed by atoms with Crippen LogP contribution in [0.2, 0.25) is 10.0 Å². The summed E-state index contributed by atoms with van der Waals surface area (Å²) in [4.78, 5) is 57.2. The van der Waals surface area contributed by atoms with Crippen molar-refractivity contribution in [1.29, 1.82) is 0 Å². The van der Waals surface area contributed by atoms with E-state index in [0.29, 0.717) is 59.4 Å². The van der Waals surface area contributed by atoms with Gasteiger partial charge in [0.2, 0.25) is 17.8 Å². The van der Waals surface area contributed by atoms with Crippen molar-refractivity contribution in [2.45, 2.75) is 12.8 Å². The third-order valence-corrected chi connectivity index (χ3v) is 12.2. The van der Waals surface area contributed by atoms with Crippen molar-refractivity contribution in [1.82, 2.24) is 55.0 Å². The lowest BCUT2D eigenvalue weighted by Gasteiger charge is -2.08. The molecule has 0 aliphatic rings. The van der Waals surface area contributed by atoms with Crippen molar-refractivity contribution in [3.8, 4) is 22.5 Å². The summed E-state index contributed by atoms with van der Waals surface area (Å²) in [6, 6.07) is 32.5. The Hall–Kier alpha value is -8.03. The molecule has 0 fully saturated rings. The molecular formula is C56H59Cl3N14O3. The first-order chi connectivity index (χ1) is 36.3. The van der Waals surface area contributed by atoms with Gasteiger partial charge < -0.3 is 56.5 Å². The highest BCUT2D eigenvalue weighted by Gasteiger charge is 2.15. The van der Waals surface area contributed by atoms with Crippen LogP contribution >= 0.6 is 35.6 Å². The molecule has 1 amide bonds. The number of aromatic nitrogens is 8. The van der Waals surface area contributed by atoms with E-state index < -0.39 is 5.97 Å². The molecule has 17 nitrogen and oxygen atoms in total. The fourth-order valence-corrected chi connectivity index (χ4v) is 8.48.